The van der Waals surface area contributed by atoms with Crippen LogP contribution in [-0.4, -0.2) is 21.3 Å². The third kappa shape index (κ3) is 4.22. The fraction of sp³-hybridized carbons (Fsp3) is 0.263. The fourth-order valence-electron chi connectivity index (χ4n) is 2.64. The molecular weight excluding hydrogens is 320 g/mol. The van der Waals surface area contributed by atoms with E-state index in [1.807, 2.05) is 42.1 Å². The Morgan fingerprint density at radius 1 is 1.08 bits per heavy atom. The first kappa shape index (κ1) is 16.7. The molecule has 0 aliphatic rings. The van der Waals surface area contributed by atoms with Crippen molar-refractivity contribution >= 4 is 11.6 Å². The minimum Gasteiger partial charge on any atom is -0.312 e. The third-order valence-electron chi connectivity index (χ3n) is 3.97. The Morgan fingerprint density at radius 2 is 1.88 bits per heavy atom. The number of rotatable bonds is 7. The molecule has 0 aliphatic carbocycles. The van der Waals surface area contributed by atoms with Gasteiger partial charge in [-0.3, -0.25) is 4.98 Å². The van der Waals surface area contributed by atoms with Crippen molar-refractivity contribution in [2.24, 2.45) is 0 Å². The average molecular weight is 341 g/mol. The van der Waals surface area contributed by atoms with Gasteiger partial charge in [0.25, 0.3) is 0 Å². The van der Waals surface area contributed by atoms with E-state index in [2.05, 4.69) is 33.6 Å². The zero-order valence-electron chi connectivity index (χ0n) is 13.7. The van der Waals surface area contributed by atoms with Crippen LogP contribution >= 0.6 is 11.6 Å². The molecule has 1 N–H and O–H groups in total. The van der Waals surface area contributed by atoms with Crippen LogP contribution in [0.3, 0.4) is 0 Å². The number of hydrogen-bond acceptors (Lipinski definition) is 3. The van der Waals surface area contributed by atoms with E-state index in [1.54, 1.807) is 6.20 Å². The van der Waals surface area contributed by atoms with Crippen molar-refractivity contribution in [2.75, 3.05) is 6.54 Å². The SMILES string of the molecule is Cc1nn(Cc2ccccc2)c(Cl)c1CNCCc1cccnc1. The average Bonchev–Trinajstić information content (AvgIpc) is 2.87. The van der Waals surface area contributed by atoms with E-state index >= 15 is 0 Å². The summed E-state index contributed by atoms with van der Waals surface area (Å²) in [4.78, 5) is 4.13. The van der Waals surface area contributed by atoms with Crippen LogP contribution in [0.1, 0.15) is 22.4 Å². The summed E-state index contributed by atoms with van der Waals surface area (Å²) in [5.41, 5.74) is 4.47. The summed E-state index contributed by atoms with van der Waals surface area (Å²) in [6, 6.07) is 14.3. The highest BCUT2D eigenvalue weighted by molar-refractivity contribution is 6.30. The summed E-state index contributed by atoms with van der Waals surface area (Å²) >= 11 is 6.53. The number of nitrogens with zero attached hydrogens (tertiary/aromatic N) is 3. The molecule has 4 nitrogen and oxygen atoms in total. The molecule has 0 aliphatic heterocycles. The highest BCUT2D eigenvalue weighted by Gasteiger charge is 2.13. The predicted molar refractivity (Wildman–Crippen MR) is 97.2 cm³/mol. The van der Waals surface area contributed by atoms with Gasteiger partial charge in [-0.1, -0.05) is 48.0 Å². The Balaban J connectivity index is 1.58. The van der Waals surface area contributed by atoms with E-state index in [4.69, 9.17) is 11.6 Å². The van der Waals surface area contributed by atoms with E-state index < -0.39 is 0 Å². The molecule has 0 radical (unpaired) electrons. The lowest BCUT2D eigenvalue weighted by atomic mass is 10.2. The minimum atomic E-state index is 0.691. The van der Waals surface area contributed by atoms with E-state index in [1.165, 1.54) is 11.1 Å². The number of hydrogen-bond donors (Lipinski definition) is 1. The second-order valence-electron chi connectivity index (χ2n) is 5.79. The van der Waals surface area contributed by atoms with Crippen molar-refractivity contribution in [3.63, 3.8) is 0 Å². The van der Waals surface area contributed by atoms with Gasteiger partial charge in [-0.2, -0.15) is 5.10 Å². The molecule has 24 heavy (non-hydrogen) atoms. The van der Waals surface area contributed by atoms with Crippen molar-refractivity contribution in [2.45, 2.75) is 26.4 Å². The van der Waals surface area contributed by atoms with Gasteiger partial charge in [-0.15, -0.1) is 0 Å². The number of halogens is 1. The van der Waals surface area contributed by atoms with Crippen LogP contribution in [0.25, 0.3) is 0 Å². The van der Waals surface area contributed by atoms with Crippen molar-refractivity contribution < 1.29 is 0 Å². The molecule has 5 heteroatoms. The molecule has 0 unspecified atom stereocenters. The number of nitrogens with one attached hydrogen (secondary N) is 1. The van der Waals surface area contributed by atoms with Crippen LogP contribution in [0, 0.1) is 6.92 Å². The molecule has 2 aromatic heterocycles. The molecule has 3 aromatic rings. The standard InChI is InChI=1S/C19H21ClN4/c1-15-18(13-22-11-9-16-8-5-10-21-12-16)19(20)24(23-15)14-17-6-3-2-4-7-17/h2-8,10,12,22H,9,11,13-14H2,1H3. The zero-order chi connectivity index (χ0) is 16.8. The lowest BCUT2D eigenvalue weighted by Crippen LogP contribution is -2.17. The van der Waals surface area contributed by atoms with Crippen molar-refractivity contribution in [1.29, 1.82) is 0 Å². The van der Waals surface area contributed by atoms with Crippen molar-refractivity contribution in [1.82, 2.24) is 20.1 Å². The molecule has 0 amide bonds. The van der Waals surface area contributed by atoms with Crippen LogP contribution in [0.5, 0.6) is 0 Å². The van der Waals surface area contributed by atoms with Crippen molar-refractivity contribution in [3.8, 4) is 0 Å². The number of pyridine rings is 1. The largest absolute Gasteiger partial charge is 0.312 e. The van der Waals surface area contributed by atoms with Gasteiger partial charge in [-0.05, 0) is 37.1 Å². The fourth-order valence-corrected chi connectivity index (χ4v) is 2.95. The predicted octanol–water partition coefficient (Wildman–Crippen LogP) is 3.62. The van der Waals surface area contributed by atoms with Crippen LogP contribution in [0.4, 0.5) is 0 Å². The van der Waals surface area contributed by atoms with Gasteiger partial charge in [0, 0.05) is 24.5 Å². The molecule has 3 rings (SSSR count). The molecule has 0 atom stereocenters. The van der Waals surface area contributed by atoms with Crippen molar-refractivity contribution in [3.05, 3.63) is 82.4 Å². The van der Waals surface area contributed by atoms with E-state index in [9.17, 15) is 0 Å². The van der Waals surface area contributed by atoms with E-state index in [0.717, 1.165) is 30.8 Å². The smallest absolute Gasteiger partial charge is 0.132 e. The third-order valence-corrected chi connectivity index (χ3v) is 4.40. The van der Waals surface area contributed by atoms with Crippen LogP contribution < -0.4 is 5.32 Å². The van der Waals surface area contributed by atoms with Crippen LogP contribution in [-0.2, 0) is 19.5 Å². The molecular formula is C19H21ClN4. The first-order chi connectivity index (χ1) is 11.7. The number of benzene rings is 1. The Hall–Kier alpha value is -2.17. The molecule has 0 saturated carbocycles. The van der Waals surface area contributed by atoms with Crippen LogP contribution in [0.2, 0.25) is 5.15 Å². The van der Waals surface area contributed by atoms with Gasteiger partial charge in [0.15, 0.2) is 0 Å². The van der Waals surface area contributed by atoms with Gasteiger partial charge in [0.2, 0.25) is 0 Å². The molecule has 1 aromatic carbocycles. The van der Waals surface area contributed by atoms with E-state index in [0.29, 0.717) is 11.7 Å². The second-order valence-corrected chi connectivity index (χ2v) is 6.14. The molecule has 0 saturated heterocycles. The minimum absolute atomic E-state index is 0.691. The van der Waals surface area contributed by atoms with Crippen LogP contribution in [0.15, 0.2) is 54.9 Å². The van der Waals surface area contributed by atoms with Gasteiger partial charge >= 0.3 is 0 Å². The monoisotopic (exact) mass is 340 g/mol. The van der Waals surface area contributed by atoms with Gasteiger partial charge < -0.3 is 5.32 Å². The normalized spacial score (nSPS) is 10.9. The Kier molecular flexibility index (Phi) is 5.62. The number of aryl methyl sites for hydroxylation is 1. The lowest BCUT2D eigenvalue weighted by molar-refractivity contribution is 0.674. The highest BCUT2D eigenvalue weighted by atomic mass is 35.5. The van der Waals surface area contributed by atoms with Gasteiger partial charge in [0.05, 0.1) is 12.2 Å². The maximum absolute atomic E-state index is 6.53. The Bertz CT molecular complexity index is 769. The molecule has 124 valence electrons. The summed E-state index contributed by atoms with van der Waals surface area (Å²) in [5, 5.41) is 8.73. The summed E-state index contributed by atoms with van der Waals surface area (Å²) < 4.78 is 1.87. The maximum Gasteiger partial charge on any atom is 0.132 e. The summed E-state index contributed by atoms with van der Waals surface area (Å²) in [5.74, 6) is 0. The summed E-state index contributed by atoms with van der Waals surface area (Å²) in [6.07, 6.45) is 4.64. The summed E-state index contributed by atoms with van der Waals surface area (Å²) in [6.45, 7) is 4.30. The first-order valence-electron chi connectivity index (χ1n) is 8.09. The zero-order valence-corrected chi connectivity index (χ0v) is 14.5. The lowest BCUT2D eigenvalue weighted by Gasteiger charge is -2.06. The summed E-state index contributed by atoms with van der Waals surface area (Å²) in [7, 11) is 0. The Morgan fingerprint density at radius 3 is 2.62 bits per heavy atom. The molecule has 2 heterocycles. The van der Waals surface area contributed by atoms with Gasteiger partial charge in [0.1, 0.15) is 5.15 Å². The second kappa shape index (κ2) is 8.08. The number of aromatic nitrogens is 3. The molecule has 0 spiro atoms. The first-order valence-corrected chi connectivity index (χ1v) is 8.47. The van der Waals surface area contributed by atoms with E-state index in [-0.39, 0.29) is 0 Å². The highest BCUT2D eigenvalue weighted by Crippen LogP contribution is 2.20. The Labute approximate surface area is 147 Å². The molecule has 0 fully saturated rings. The maximum atomic E-state index is 6.53. The van der Waals surface area contributed by atoms with Gasteiger partial charge in [-0.25, -0.2) is 4.68 Å². The quantitative estimate of drug-likeness (QED) is 0.668. The topological polar surface area (TPSA) is 42.7 Å². The molecule has 0 bridgehead atoms.